The highest BCUT2D eigenvalue weighted by Crippen LogP contribution is 2.37. The van der Waals surface area contributed by atoms with Crippen molar-refractivity contribution in [2.45, 2.75) is 76.3 Å². The van der Waals surface area contributed by atoms with Crippen molar-refractivity contribution >= 4 is 0 Å². The molecule has 2 aliphatic rings. The molecule has 5 unspecified atom stereocenters. The van der Waals surface area contributed by atoms with Crippen LogP contribution in [0.25, 0.3) is 0 Å². The maximum atomic E-state index is 4.08. The molecule has 0 heterocycles. The molecule has 1 aromatic rings. The summed E-state index contributed by atoms with van der Waals surface area (Å²) in [5, 5.41) is 4.08. The molecule has 1 aromatic carbocycles. The van der Waals surface area contributed by atoms with Gasteiger partial charge < -0.3 is 5.32 Å². The first-order valence-electron chi connectivity index (χ1n) is 9.68. The van der Waals surface area contributed by atoms with Gasteiger partial charge in [-0.2, -0.15) is 0 Å². The molecule has 0 spiro atoms. The number of rotatable bonds is 5. The maximum absolute atomic E-state index is 4.08. The highest BCUT2D eigenvalue weighted by Gasteiger charge is 2.31. The van der Waals surface area contributed by atoms with Gasteiger partial charge in [0.15, 0.2) is 0 Å². The van der Waals surface area contributed by atoms with E-state index in [0.29, 0.717) is 12.1 Å². The van der Waals surface area contributed by atoms with E-state index >= 15 is 0 Å². The van der Waals surface area contributed by atoms with Gasteiger partial charge in [0.05, 0.1) is 0 Å². The lowest BCUT2D eigenvalue weighted by Gasteiger charge is -2.40. The summed E-state index contributed by atoms with van der Waals surface area (Å²) >= 11 is 0. The SMILES string of the molecule is C=CCC1CCCCC1NC1CC(C)CC(c2ccccc2)C1. The molecule has 0 amide bonds. The van der Waals surface area contributed by atoms with E-state index in [2.05, 4.69) is 55.2 Å². The van der Waals surface area contributed by atoms with Crippen molar-refractivity contribution in [3.05, 3.63) is 48.6 Å². The van der Waals surface area contributed by atoms with Crippen molar-refractivity contribution in [3.63, 3.8) is 0 Å². The minimum atomic E-state index is 0.694. The molecule has 0 bridgehead atoms. The fourth-order valence-corrected chi connectivity index (χ4v) is 4.96. The Morgan fingerprint density at radius 1 is 1.09 bits per heavy atom. The van der Waals surface area contributed by atoms with Crippen LogP contribution in [0.1, 0.15) is 69.8 Å². The van der Waals surface area contributed by atoms with Crippen LogP contribution in [0.5, 0.6) is 0 Å². The Bertz CT molecular complexity index is 480. The molecule has 1 N–H and O–H groups in total. The van der Waals surface area contributed by atoms with Gasteiger partial charge in [-0.15, -0.1) is 6.58 Å². The summed E-state index contributed by atoms with van der Waals surface area (Å²) in [7, 11) is 0. The third-order valence-corrected chi connectivity index (χ3v) is 6.04. The van der Waals surface area contributed by atoms with Crippen molar-refractivity contribution < 1.29 is 0 Å². The summed E-state index contributed by atoms with van der Waals surface area (Å²) < 4.78 is 0. The smallest absolute Gasteiger partial charge is 0.0101 e. The summed E-state index contributed by atoms with van der Waals surface area (Å²) in [6, 6.07) is 12.6. The highest BCUT2D eigenvalue weighted by atomic mass is 15.0. The highest BCUT2D eigenvalue weighted by molar-refractivity contribution is 5.20. The van der Waals surface area contributed by atoms with Crippen LogP contribution in [0.4, 0.5) is 0 Å². The lowest BCUT2D eigenvalue weighted by molar-refractivity contribution is 0.196. The predicted octanol–water partition coefficient (Wildman–Crippen LogP) is 5.68. The van der Waals surface area contributed by atoms with E-state index in [-0.39, 0.29) is 0 Å². The van der Waals surface area contributed by atoms with E-state index in [9.17, 15) is 0 Å². The molecule has 2 fully saturated rings. The fourth-order valence-electron chi connectivity index (χ4n) is 4.96. The summed E-state index contributed by atoms with van der Waals surface area (Å²) in [4.78, 5) is 0. The van der Waals surface area contributed by atoms with Crippen LogP contribution in [0.2, 0.25) is 0 Å². The first kappa shape index (κ1) is 16.8. The third-order valence-electron chi connectivity index (χ3n) is 6.04. The van der Waals surface area contributed by atoms with Crippen molar-refractivity contribution in [1.29, 1.82) is 0 Å². The number of hydrogen-bond acceptors (Lipinski definition) is 1. The molecule has 1 heteroatoms. The van der Waals surface area contributed by atoms with Gasteiger partial charge in [-0.25, -0.2) is 0 Å². The average Bonchev–Trinajstić information content (AvgIpc) is 2.57. The summed E-state index contributed by atoms with van der Waals surface area (Å²) in [6.07, 6.45) is 12.9. The summed E-state index contributed by atoms with van der Waals surface area (Å²) in [6.45, 7) is 6.41. The van der Waals surface area contributed by atoms with Gasteiger partial charge >= 0.3 is 0 Å². The number of nitrogens with one attached hydrogen (secondary N) is 1. The van der Waals surface area contributed by atoms with E-state index in [1.54, 1.807) is 0 Å². The van der Waals surface area contributed by atoms with Gasteiger partial charge in [0.2, 0.25) is 0 Å². The van der Waals surface area contributed by atoms with E-state index in [1.807, 2.05) is 0 Å². The second-order valence-electron chi connectivity index (χ2n) is 7.96. The number of benzene rings is 1. The van der Waals surface area contributed by atoms with Crippen molar-refractivity contribution in [2.75, 3.05) is 0 Å². The van der Waals surface area contributed by atoms with Crippen molar-refractivity contribution in [3.8, 4) is 0 Å². The first-order chi connectivity index (χ1) is 11.3. The zero-order valence-corrected chi connectivity index (χ0v) is 14.7. The molecule has 1 nitrogen and oxygen atoms in total. The zero-order valence-electron chi connectivity index (χ0n) is 14.7. The fraction of sp³-hybridized carbons (Fsp3) is 0.636. The topological polar surface area (TPSA) is 12.0 Å². The Morgan fingerprint density at radius 2 is 1.87 bits per heavy atom. The molecule has 3 rings (SSSR count). The van der Waals surface area contributed by atoms with Crippen LogP contribution in [-0.2, 0) is 0 Å². The Labute approximate surface area is 142 Å². The number of hydrogen-bond donors (Lipinski definition) is 1. The standard InChI is InChI=1S/C22H33N/c1-3-9-19-12-7-8-13-22(19)23-21-15-17(2)14-20(16-21)18-10-5-4-6-11-18/h3-6,10-11,17,19-23H,1,7-9,12-16H2,2H3. The lowest BCUT2D eigenvalue weighted by Crippen LogP contribution is -2.46. The van der Waals surface area contributed by atoms with E-state index in [0.717, 1.165) is 17.8 Å². The Balaban J connectivity index is 1.63. The lowest BCUT2D eigenvalue weighted by atomic mass is 9.75. The van der Waals surface area contributed by atoms with Crippen LogP contribution >= 0.6 is 0 Å². The van der Waals surface area contributed by atoms with Gasteiger partial charge in [0.1, 0.15) is 0 Å². The zero-order chi connectivity index (χ0) is 16.1. The average molecular weight is 312 g/mol. The Hall–Kier alpha value is -1.08. The molecule has 0 aromatic heterocycles. The van der Waals surface area contributed by atoms with Crippen LogP contribution in [0, 0.1) is 11.8 Å². The van der Waals surface area contributed by atoms with Crippen LogP contribution < -0.4 is 5.32 Å². The minimum Gasteiger partial charge on any atom is -0.311 e. The van der Waals surface area contributed by atoms with Crippen molar-refractivity contribution in [1.82, 2.24) is 5.32 Å². The monoisotopic (exact) mass is 311 g/mol. The number of allylic oxidation sites excluding steroid dienone is 1. The third kappa shape index (κ3) is 4.47. The van der Waals surface area contributed by atoms with Crippen molar-refractivity contribution in [2.24, 2.45) is 11.8 Å². The molecule has 5 atom stereocenters. The van der Waals surface area contributed by atoms with Crippen LogP contribution in [0.15, 0.2) is 43.0 Å². The van der Waals surface area contributed by atoms with E-state index in [4.69, 9.17) is 0 Å². The van der Waals surface area contributed by atoms with E-state index < -0.39 is 0 Å². The molecule has 0 saturated heterocycles. The van der Waals surface area contributed by atoms with E-state index in [1.165, 1.54) is 56.9 Å². The summed E-state index contributed by atoms with van der Waals surface area (Å²) in [5.41, 5.74) is 1.54. The molecule has 23 heavy (non-hydrogen) atoms. The van der Waals surface area contributed by atoms with Gasteiger partial charge in [0.25, 0.3) is 0 Å². The molecule has 2 saturated carbocycles. The predicted molar refractivity (Wildman–Crippen MR) is 99.7 cm³/mol. The maximum Gasteiger partial charge on any atom is 0.0101 e. The van der Waals surface area contributed by atoms with Crippen LogP contribution in [0.3, 0.4) is 0 Å². The quantitative estimate of drug-likeness (QED) is 0.689. The molecular weight excluding hydrogens is 278 g/mol. The molecule has 2 aliphatic carbocycles. The Morgan fingerprint density at radius 3 is 2.65 bits per heavy atom. The molecule has 126 valence electrons. The van der Waals surface area contributed by atoms with Gasteiger partial charge in [-0.05, 0) is 61.8 Å². The second kappa shape index (κ2) is 8.15. The molecule has 0 aliphatic heterocycles. The molecule has 0 radical (unpaired) electrons. The van der Waals surface area contributed by atoms with Crippen LogP contribution in [-0.4, -0.2) is 12.1 Å². The Kier molecular flexibility index (Phi) is 5.94. The first-order valence-corrected chi connectivity index (χ1v) is 9.68. The summed E-state index contributed by atoms with van der Waals surface area (Å²) in [5.74, 6) is 2.38. The second-order valence-corrected chi connectivity index (χ2v) is 7.96. The van der Waals surface area contributed by atoms with Gasteiger partial charge in [0, 0.05) is 12.1 Å². The molecular formula is C22H33N. The normalized spacial score (nSPS) is 34.9. The minimum absolute atomic E-state index is 0.694. The largest absolute Gasteiger partial charge is 0.311 e. The van der Waals surface area contributed by atoms with Gasteiger partial charge in [-0.1, -0.05) is 56.2 Å². The van der Waals surface area contributed by atoms with Gasteiger partial charge in [-0.3, -0.25) is 0 Å².